The third-order valence-electron chi connectivity index (χ3n) is 2.25. The van der Waals surface area contributed by atoms with Gasteiger partial charge >= 0.3 is 0 Å². The van der Waals surface area contributed by atoms with E-state index in [1.165, 1.54) is 4.88 Å². The Kier molecular flexibility index (Phi) is 2.38. The van der Waals surface area contributed by atoms with Crippen LogP contribution in [0.15, 0.2) is 35.8 Å². The van der Waals surface area contributed by atoms with Crippen molar-refractivity contribution < 1.29 is 0 Å². The van der Waals surface area contributed by atoms with Gasteiger partial charge in [-0.1, -0.05) is 17.7 Å². The van der Waals surface area contributed by atoms with E-state index >= 15 is 0 Å². The van der Waals surface area contributed by atoms with Crippen molar-refractivity contribution in [3.05, 3.63) is 51.6 Å². The summed E-state index contributed by atoms with van der Waals surface area (Å²) in [7, 11) is 0. The molecule has 0 unspecified atom stereocenters. The highest BCUT2D eigenvalue weighted by Gasteiger charge is 2.05. The molecule has 16 heavy (non-hydrogen) atoms. The number of pyridine rings is 1. The molecule has 0 spiro atoms. The fourth-order valence-corrected chi connectivity index (χ4v) is 2.40. The SMILES string of the molecule is Clc1ccc2nc(Cc3cccs3)nn2c1. The van der Waals surface area contributed by atoms with E-state index in [9.17, 15) is 0 Å². The van der Waals surface area contributed by atoms with Crippen LogP contribution in [0.5, 0.6) is 0 Å². The van der Waals surface area contributed by atoms with Gasteiger partial charge in [0.2, 0.25) is 0 Å². The number of hydrogen-bond acceptors (Lipinski definition) is 3. The summed E-state index contributed by atoms with van der Waals surface area (Å²) in [6, 6.07) is 7.81. The maximum absolute atomic E-state index is 5.88. The molecular formula is C11H8ClN3S. The Bertz CT molecular complexity index is 615. The van der Waals surface area contributed by atoms with E-state index in [0.29, 0.717) is 5.02 Å². The molecule has 3 rings (SSSR count). The third-order valence-corrected chi connectivity index (χ3v) is 3.35. The van der Waals surface area contributed by atoms with E-state index in [0.717, 1.165) is 17.9 Å². The van der Waals surface area contributed by atoms with Gasteiger partial charge in [-0.15, -0.1) is 11.3 Å². The first-order valence-corrected chi connectivity index (χ1v) is 6.10. The molecule has 0 N–H and O–H groups in total. The third kappa shape index (κ3) is 1.81. The van der Waals surface area contributed by atoms with Crippen molar-refractivity contribution in [2.75, 3.05) is 0 Å². The van der Waals surface area contributed by atoms with Crippen LogP contribution < -0.4 is 0 Å². The molecule has 0 fully saturated rings. The first-order chi connectivity index (χ1) is 7.81. The number of aromatic nitrogens is 3. The molecule has 0 aliphatic rings. The fourth-order valence-electron chi connectivity index (χ4n) is 1.55. The molecular weight excluding hydrogens is 242 g/mol. The van der Waals surface area contributed by atoms with Gasteiger partial charge in [-0.2, -0.15) is 5.10 Å². The van der Waals surface area contributed by atoms with Crippen molar-refractivity contribution in [3.8, 4) is 0 Å². The van der Waals surface area contributed by atoms with Crippen LogP contribution in [0.1, 0.15) is 10.7 Å². The monoisotopic (exact) mass is 249 g/mol. The van der Waals surface area contributed by atoms with E-state index in [1.54, 1.807) is 22.0 Å². The first kappa shape index (κ1) is 9.81. The van der Waals surface area contributed by atoms with E-state index in [4.69, 9.17) is 11.6 Å². The Hall–Kier alpha value is -1.39. The Morgan fingerprint density at radius 3 is 3.06 bits per heavy atom. The van der Waals surface area contributed by atoms with Gasteiger partial charge in [-0.05, 0) is 23.6 Å². The van der Waals surface area contributed by atoms with E-state index in [2.05, 4.69) is 21.5 Å². The summed E-state index contributed by atoms with van der Waals surface area (Å²) in [5.41, 5.74) is 0.830. The molecule has 0 aliphatic carbocycles. The summed E-state index contributed by atoms with van der Waals surface area (Å²) >= 11 is 7.60. The topological polar surface area (TPSA) is 30.2 Å². The van der Waals surface area contributed by atoms with Gasteiger partial charge < -0.3 is 0 Å². The highest BCUT2D eigenvalue weighted by Crippen LogP contribution is 2.14. The van der Waals surface area contributed by atoms with Crippen molar-refractivity contribution in [3.63, 3.8) is 0 Å². The Balaban J connectivity index is 1.99. The van der Waals surface area contributed by atoms with Gasteiger partial charge in [-0.3, -0.25) is 0 Å². The summed E-state index contributed by atoms with van der Waals surface area (Å²) in [4.78, 5) is 5.69. The lowest BCUT2D eigenvalue weighted by Gasteiger charge is -1.90. The predicted molar refractivity (Wildman–Crippen MR) is 65.1 cm³/mol. The van der Waals surface area contributed by atoms with E-state index in [-0.39, 0.29) is 0 Å². The predicted octanol–water partition coefficient (Wildman–Crippen LogP) is 3.04. The van der Waals surface area contributed by atoms with Crippen LogP contribution in [0.3, 0.4) is 0 Å². The second kappa shape index (κ2) is 3.88. The lowest BCUT2D eigenvalue weighted by molar-refractivity contribution is 0.905. The number of nitrogens with zero attached hydrogens (tertiary/aromatic N) is 3. The Labute approximate surface area is 101 Å². The van der Waals surface area contributed by atoms with Gasteiger partial charge in [0.1, 0.15) is 0 Å². The van der Waals surface area contributed by atoms with Crippen LogP contribution in [-0.4, -0.2) is 14.6 Å². The summed E-state index contributed by atoms with van der Waals surface area (Å²) in [6.45, 7) is 0. The van der Waals surface area contributed by atoms with Gasteiger partial charge in [0.05, 0.1) is 5.02 Å². The summed E-state index contributed by atoms with van der Waals surface area (Å²) in [5, 5.41) is 7.10. The summed E-state index contributed by atoms with van der Waals surface area (Å²) in [5.74, 6) is 0.824. The van der Waals surface area contributed by atoms with Crippen molar-refractivity contribution in [2.45, 2.75) is 6.42 Å². The molecule has 0 radical (unpaired) electrons. The second-order valence-corrected chi connectivity index (χ2v) is 4.90. The lowest BCUT2D eigenvalue weighted by atomic mass is 10.3. The van der Waals surface area contributed by atoms with Crippen LogP contribution in [0, 0.1) is 0 Å². The molecule has 80 valence electrons. The average Bonchev–Trinajstić information content (AvgIpc) is 2.86. The molecule has 0 saturated carbocycles. The summed E-state index contributed by atoms with van der Waals surface area (Å²) in [6.07, 6.45) is 2.54. The van der Waals surface area contributed by atoms with Crippen molar-refractivity contribution in [2.24, 2.45) is 0 Å². The Morgan fingerprint density at radius 1 is 1.31 bits per heavy atom. The number of halogens is 1. The summed E-state index contributed by atoms with van der Waals surface area (Å²) < 4.78 is 1.71. The van der Waals surface area contributed by atoms with Gasteiger partial charge in [0.25, 0.3) is 0 Å². The minimum Gasteiger partial charge on any atom is -0.219 e. The van der Waals surface area contributed by atoms with Gasteiger partial charge in [0.15, 0.2) is 11.5 Å². The zero-order valence-electron chi connectivity index (χ0n) is 8.30. The number of fused-ring (bicyclic) bond motifs is 1. The molecule has 3 heterocycles. The lowest BCUT2D eigenvalue weighted by Crippen LogP contribution is -1.89. The fraction of sp³-hybridized carbons (Fsp3) is 0.0909. The molecule has 0 bridgehead atoms. The van der Waals surface area contributed by atoms with Crippen molar-refractivity contribution in [1.29, 1.82) is 0 Å². The minimum absolute atomic E-state index is 0.667. The van der Waals surface area contributed by atoms with Crippen LogP contribution in [0.25, 0.3) is 5.65 Å². The molecule has 3 nitrogen and oxygen atoms in total. The Morgan fingerprint density at radius 2 is 2.25 bits per heavy atom. The highest BCUT2D eigenvalue weighted by atomic mass is 35.5. The maximum Gasteiger partial charge on any atom is 0.156 e. The quantitative estimate of drug-likeness (QED) is 0.699. The van der Waals surface area contributed by atoms with Gasteiger partial charge in [0, 0.05) is 17.5 Å². The highest BCUT2D eigenvalue weighted by molar-refractivity contribution is 7.09. The van der Waals surface area contributed by atoms with Crippen LogP contribution in [0.2, 0.25) is 5.02 Å². The maximum atomic E-state index is 5.88. The second-order valence-electron chi connectivity index (χ2n) is 3.43. The normalized spacial score (nSPS) is 11.1. The standard InChI is InChI=1S/C11H8ClN3S/c12-8-3-4-11-13-10(14-15(11)7-8)6-9-2-1-5-16-9/h1-5,7H,6H2. The smallest absolute Gasteiger partial charge is 0.156 e. The van der Waals surface area contributed by atoms with Crippen LogP contribution in [0.4, 0.5) is 0 Å². The molecule has 5 heteroatoms. The van der Waals surface area contributed by atoms with Crippen molar-refractivity contribution in [1.82, 2.24) is 14.6 Å². The van der Waals surface area contributed by atoms with E-state index in [1.807, 2.05) is 18.2 Å². The first-order valence-electron chi connectivity index (χ1n) is 4.84. The molecule has 3 aromatic heterocycles. The van der Waals surface area contributed by atoms with Crippen LogP contribution >= 0.6 is 22.9 Å². The minimum atomic E-state index is 0.667. The van der Waals surface area contributed by atoms with Gasteiger partial charge in [-0.25, -0.2) is 9.50 Å². The molecule has 0 amide bonds. The molecule has 0 aliphatic heterocycles. The number of rotatable bonds is 2. The zero-order chi connectivity index (χ0) is 11.0. The number of thiophene rings is 1. The molecule has 3 aromatic rings. The largest absolute Gasteiger partial charge is 0.219 e. The van der Waals surface area contributed by atoms with Crippen LogP contribution in [-0.2, 0) is 6.42 Å². The molecule has 0 saturated heterocycles. The number of hydrogen-bond donors (Lipinski definition) is 0. The average molecular weight is 250 g/mol. The molecule has 0 aromatic carbocycles. The molecule has 0 atom stereocenters. The zero-order valence-corrected chi connectivity index (χ0v) is 9.87. The van der Waals surface area contributed by atoms with E-state index < -0.39 is 0 Å². The van der Waals surface area contributed by atoms with Crippen molar-refractivity contribution >= 4 is 28.6 Å².